The van der Waals surface area contributed by atoms with Crippen LogP contribution in [0.1, 0.15) is 0 Å². The van der Waals surface area contributed by atoms with Crippen LogP contribution in [0, 0.1) is 0 Å². The molecule has 2 N–H and O–H groups in total. The van der Waals surface area contributed by atoms with Crippen LogP contribution in [0.25, 0.3) is 16.9 Å². The van der Waals surface area contributed by atoms with Crippen LogP contribution in [0.5, 0.6) is 0 Å². The highest BCUT2D eigenvalue weighted by atomic mass is 35.5. The van der Waals surface area contributed by atoms with E-state index in [1.54, 1.807) is 12.4 Å². The monoisotopic (exact) mass is 244 g/mol. The molecule has 0 saturated carbocycles. The summed E-state index contributed by atoms with van der Waals surface area (Å²) >= 11 is 6.10. The number of imidazole rings is 1. The molecular weight excluding hydrogens is 236 g/mol. The molecular formula is C12H9ClN4. The molecule has 0 aromatic carbocycles. The molecule has 3 heterocycles. The minimum Gasteiger partial charge on any atom is -0.385 e. The van der Waals surface area contributed by atoms with Gasteiger partial charge in [0.05, 0.1) is 5.52 Å². The van der Waals surface area contributed by atoms with Gasteiger partial charge in [-0.2, -0.15) is 0 Å². The largest absolute Gasteiger partial charge is 0.385 e. The number of halogens is 1. The van der Waals surface area contributed by atoms with Crippen LogP contribution in [0.4, 0.5) is 5.82 Å². The van der Waals surface area contributed by atoms with Crippen molar-refractivity contribution in [3.8, 4) is 11.4 Å². The van der Waals surface area contributed by atoms with Crippen LogP contribution in [-0.2, 0) is 0 Å². The second-order valence-corrected chi connectivity index (χ2v) is 3.99. The smallest absolute Gasteiger partial charge is 0.155 e. The van der Waals surface area contributed by atoms with E-state index in [0.29, 0.717) is 11.0 Å². The zero-order chi connectivity index (χ0) is 11.8. The molecule has 17 heavy (non-hydrogen) atoms. The number of pyridine rings is 2. The first-order chi connectivity index (χ1) is 8.27. The molecule has 84 valence electrons. The Kier molecular flexibility index (Phi) is 2.23. The van der Waals surface area contributed by atoms with Crippen molar-refractivity contribution in [2.45, 2.75) is 0 Å². The third-order valence-electron chi connectivity index (χ3n) is 2.59. The molecule has 0 radical (unpaired) electrons. The third-order valence-corrected chi connectivity index (χ3v) is 2.86. The quantitative estimate of drug-likeness (QED) is 0.716. The molecule has 0 unspecified atom stereocenters. The molecule has 0 saturated heterocycles. The zero-order valence-corrected chi connectivity index (χ0v) is 9.59. The Morgan fingerprint density at radius 1 is 1.12 bits per heavy atom. The number of anilines is 1. The standard InChI is InChI=1S/C12H9ClN4/c13-11-9-2-1-3-10(14)17(9)12(16-11)8-4-6-15-7-5-8/h1-7H,14H2. The maximum absolute atomic E-state index is 6.10. The van der Waals surface area contributed by atoms with E-state index < -0.39 is 0 Å². The van der Waals surface area contributed by atoms with Crippen LogP contribution >= 0.6 is 11.6 Å². The summed E-state index contributed by atoms with van der Waals surface area (Å²) < 4.78 is 1.83. The van der Waals surface area contributed by atoms with E-state index in [4.69, 9.17) is 17.3 Å². The Bertz CT molecular complexity index is 676. The Labute approximate surface area is 103 Å². The van der Waals surface area contributed by atoms with Gasteiger partial charge in [-0.05, 0) is 24.3 Å². The maximum atomic E-state index is 6.10. The highest BCUT2D eigenvalue weighted by Crippen LogP contribution is 2.27. The van der Waals surface area contributed by atoms with Crippen molar-refractivity contribution in [3.05, 3.63) is 47.9 Å². The number of nitrogen functional groups attached to an aromatic ring is 1. The molecule has 0 amide bonds. The summed E-state index contributed by atoms with van der Waals surface area (Å²) in [6, 6.07) is 9.30. The van der Waals surface area contributed by atoms with Gasteiger partial charge >= 0.3 is 0 Å². The lowest BCUT2D eigenvalue weighted by atomic mass is 10.2. The zero-order valence-electron chi connectivity index (χ0n) is 8.84. The van der Waals surface area contributed by atoms with Gasteiger partial charge in [-0.1, -0.05) is 17.7 Å². The Morgan fingerprint density at radius 2 is 1.88 bits per heavy atom. The second-order valence-electron chi connectivity index (χ2n) is 3.63. The molecule has 0 aliphatic carbocycles. The van der Waals surface area contributed by atoms with Gasteiger partial charge < -0.3 is 5.73 Å². The fourth-order valence-corrected chi connectivity index (χ4v) is 2.05. The Morgan fingerprint density at radius 3 is 2.65 bits per heavy atom. The number of fused-ring (bicyclic) bond motifs is 1. The molecule has 0 atom stereocenters. The third kappa shape index (κ3) is 1.54. The van der Waals surface area contributed by atoms with Crippen molar-refractivity contribution in [1.29, 1.82) is 0 Å². The normalized spacial score (nSPS) is 10.9. The summed E-state index contributed by atoms with van der Waals surface area (Å²) in [5.74, 6) is 1.33. The van der Waals surface area contributed by atoms with Crippen LogP contribution in [0.2, 0.25) is 5.15 Å². The first kappa shape index (κ1) is 10.1. The van der Waals surface area contributed by atoms with Crippen LogP contribution < -0.4 is 5.73 Å². The van der Waals surface area contributed by atoms with Gasteiger partial charge in [0.1, 0.15) is 11.6 Å². The summed E-state index contributed by atoms with van der Waals surface area (Å²) in [5, 5.41) is 0.448. The minimum atomic E-state index is 0.448. The average molecular weight is 245 g/mol. The minimum absolute atomic E-state index is 0.448. The van der Waals surface area contributed by atoms with Crippen molar-refractivity contribution in [2.24, 2.45) is 0 Å². The number of hydrogen-bond acceptors (Lipinski definition) is 3. The van der Waals surface area contributed by atoms with Crippen molar-refractivity contribution in [3.63, 3.8) is 0 Å². The van der Waals surface area contributed by atoms with Gasteiger partial charge in [0.2, 0.25) is 0 Å². The fraction of sp³-hybridized carbons (Fsp3) is 0. The highest BCUT2D eigenvalue weighted by molar-refractivity contribution is 6.33. The predicted octanol–water partition coefficient (Wildman–Crippen LogP) is 2.63. The first-order valence-electron chi connectivity index (χ1n) is 5.10. The molecule has 3 aromatic rings. The van der Waals surface area contributed by atoms with Gasteiger partial charge in [0, 0.05) is 18.0 Å². The summed E-state index contributed by atoms with van der Waals surface area (Å²) in [6.07, 6.45) is 3.42. The van der Waals surface area contributed by atoms with Crippen molar-refractivity contribution in [1.82, 2.24) is 14.4 Å². The van der Waals surface area contributed by atoms with Gasteiger partial charge in [-0.15, -0.1) is 0 Å². The molecule has 5 heteroatoms. The highest BCUT2D eigenvalue weighted by Gasteiger charge is 2.12. The summed E-state index contributed by atoms with van der Waals surface area (Å²) in [4.78, 5) is 8.32. The maximum Gasteiger partial charge on any atom is 0.155 e. The lowest BCUT2D eigenvalue weighted by molar-refractivity contribution is 1.17. The van der Waals surface area contributed by atoms with E-state index >= 15 is 0 Å². The van der Waals surface area contributed by atoms with Gasteiger partial charge in [-0.3, -0.25) is 9.38 Å². The van der Waals surface area contributed by atoms with E-state index in [0.717, 1.165) is 16.9 Å². The topological polar surface area (TPSA) is 56.2 Å². The average Bonchev–Trinajstić information content (AvgIpc) is 2.70. The van der Waals surface area contributed by atoms with E-state index in [-0.39, 0.29) is 0 Å². The van der Waals surface area contributed by atoms with Crippen molar-refractivity contribution >= 4 is 22.9 Å². The van der Waals surface area contributed by atoms with E-state index in [2.05, 4.69) is 9.97 Å². The van der Waals surface area contributed by atoms with E-state index in [1.807, 2.05) is 34.7 Å². The fourth-order valence-electron chi connectivity index (χ4n) is 1.82. The SMILES string of the molecule is Nc1cccc2c(Cl)nc(-c3ccncc3)n12. The molecule has 3 rings (SSSR count). The molecule has 0 aliphatic rings. The van der Waals surface area contributed by atoms with Gasteiger partial charge in [0.25, 0.3) is 0 Å². The number of hydrogen-bond donors (Lipinski definition) is 1. The Hall–Kier alpha value is -2.07. The van der Waals surface area contributed by atoms with Crippen molar-refractivity contribution in [2.75, 3.05) is 5.73 Å². The van der Waals surface area contributed by atoms with Crippen LogP contribution in [0.3, 0.4) is 0 Å². The molecule has 0 fully saturated rings. The lowest BCUT2D eigenvalue weighted by Gasteiger charge is -2.03. The second kappa shape index (κ2) is 3.75. The van der Waals surface area contributed by atoms with Crippen LogP contribution in [-0.4, -0.2) is 14.4 Å². The van der Waals surface area contributed by atoms with Gasteiger partial charge in [0.15, 0.2) is 5.15 Å². The summed E-state index contributed by atoms with van der Waals surface area (Å²) in [7, 11) is 0. The Balaban J connectivity index is 2.38. The molecule has 0 bridgehead atoms. The predicted molar refractivity (Wildman–Crippen MR) is 67.8 cm³/mol. The molecule has 0 aliphatic heterocycles. The summed E-state index contributed by atoms with van der Waals surface area (Å²) in [6.45, 7) is 0. The number of nitrogens with zero attached hydrogens (tertiary/aromatic N) is 3. The molecule has 4 nitrogen and oxygen atoms in total. The van der Waals surface area contributed by atoms with Gasteiger partial charge in [-0.25, -0.2) is 4.98 Å². The van der Waals surface area contributed by atoms with Crippen LogP contribution in [0.15, 0.2) is 42.7 Å². The summed E-state index contributed by atoms with van der Waals surface area (Å²) in [5.41, 5.74) is 7.69. The number of rotatable bonds is 1. The lowest BCUT2D eigenvalue weighted by Crippen LogP contribution is -1.97. The number of nitrogens with two attached hydrogens (primary N) is 1. The molecule has 3 aromatic heterocycles. The van der Waals surface area contributed by atoms with E-state index in [9.17, 15) is 0 Å². The van der Waals surface area contributed by atoms with Crippen molar-refractivity contribution < 1.29 is 0 Å². The molecule has 0 spiro atoms. The first-order valence-corrected chi connectivity index (χ1v) is 5.48. The van der Waals surface area contributed by atoms with E-state index in [1.165, 1.54) is 0 Å². The number of aromatic nitrogens is 3.